The fraction of sp³-hybridized carbons (Fsp3) is 0.667. The van der Waals surface area contributed by atoms with E-state index in [4.69, 9.17) is 0 Å². The van der Waals surface area contributed by atoms with E-state index in [1.54, 1.807) is 0 Å². The van der Waals surface area contributed by atoms with Crippen LogP contribution in [0.5, 0.6) is 0 Å². The van der Waals surface area contributed by atoms with Crippen LogP contribution in [-0.2, 0) is 17.3 Å². The van der Waals surface area contributed by atoms with Crippen molar-refractivity contribution in [2.45, 2.75) is 72.6 Å². The highest BCUT2D eigenvalue weighted by atomic mass is 14.2. The Kier molecular flexibility index (Phi) is 4.30. The summed E-state index contributed by atoms with van der Waals surface area (Å²) in [4.78, 5) is 0. The Bertz CT molecular complexity index is 365. The Hall–Kier alpha value is -0.780. The van der Waals surface area contributed by atoms with Crippen molar-refractivity contribution in [3.8, 4) is 0 Å². The third-order valence-corrected chi connectivity index (χ3v) is 3.37. The lowest BCUT2D eigenvalue weighted by Gasteiger charge is -2.26. The summed E-state index contributed by atoms with van der Waals surface area (Å²) in [5, 5.41) is 0. The molecule has 18 heavy (non-hydrogen) atoms. The minimum atomic E-state index is 0.229. The largest absolute Gasteiger partial charge is 0.0625 e. The van der Waals surface area contributed by atoms with E-state index in [1.807, 2.05) is 0 Å². The van der Waals surface area contributed by atoms with E-state index in [9.17, 15) is 0 Å². The van der Waals surface area contributed by atoms with Gasteiger partial charge in [0.2, 0.25) is 0 Å². The lowest BCUT2D eigenvalue weighted by molar-refractivity contribution is 0.563. The predicted octanol–water partition coefficient (Wildman–Crippen LogP) is 5.48. The van der Waals surface area contributed by atoms with E-state index < -0.39 is 0 Å². The van der Waals surface area contributed by atoms with Crippen LogP contribution in [0.1, 0.15) is 72.1 Å². The van der Waals surface area contributed by atoms with Gasteiger partial charge < -0.3 is 0 Å². The maximum absolute atomic E-state index is 2.40. The van der Waals surface area contributed by atoms with Crippen molar-refractivity contribution in [3.05, 3.63) is 34.9 Å². The van der Waals surface area contributed by atoms with Crippen molar-refractivity contribution < 1.29 is 0 Å². The van der Waals surface area contributed by atoms with Gasteiger partial charge in [-0.15, -0.1) is 0 Å². The molecule has 0 bridgehead atoms. The Morgan fingerprint density at radius 2 is 1.17 bits per heavy atom. The van der Waals surface area contributed by atoms with E-state index >= 15 is 0 Å². The van der Waals surface area contributed by atoms with Crippen LogP contribution >= 0.6 is 0 Å². The summed E-state index contributed by atoms with van der Waals surface area (Å²) in [5.41, 5.74) is 4.87. The van der Waals surface area contributed by atoms with Gasteiger partial charge in [-0.2, -0.15) is 0 Å². The Labute approximate surface area is 114 Å². The van der Waals surface area contributed by atoms with Crippen LogP contribution in [0, 0.1) is 5.92 Å². The molecular weight excluding hydrogens is 216 g/mol. The number of rotatable bonds is 2. The molecule has 0 heterocycles. The van der Waals surface area contributed by atoms with Gasteiger partial charge in [-0.3, -0.25) is 0 Å². The monoisotopic (exact) mass is 246 g/mol. The van der Waals surface area contributed by atoms with Crippen molar-refractivity contribution >= 4 is 0 Å². The molecule has 0 spiro atoms. The summed E-state index contributed by atoms with van der Waals surface area (Å²) in [7, 11) is 0. The zero-order valence-corrected chi connectivity index (χ0v) is 13.5. The summed E-state index contributed by atoms with van der Waals surface area (Å²) >= 11 is 0. The Morgan fingerprint density at radius 3 is 1.44 bits per heavy atom. The summed E-state index contributed by atoms with van der Waals surface area (Å²) in [5.74, 6) is 0.716. The quantitative estimate of drug-likeness (QED) is 0.648. The van der Waals surface area contributed by atoms with Crippen molar-refractivity contribution in [2.75, 3.05) is 0 Å². The molecule has 0 radical (unpaired) electrons. The summed E-state index contributed by atoms with van der Waals surface area (Å²) < 4.78 is 0. The number of benzene rings is 1. The van der Waals surface area contributed by atoms with Crippen LogP contribution in [0.4, 0.5) is 0 Å². The van der Waals surface area contributed by atoms with Gasteiger partial charge in [0.05, 0.1) is 0 Å². The molecule has 0 aliphatic heterocycles. The Balaban J connectivity index is 3.29. The first-order valence-electron chi connectivity index (χ1n) is 7.15. The fourth-order valence-electron chi connectivity index (χ4n) is 2.15. The molecule has 1 aromatic rings. The molecule has 0 aromatic heterocycles. The van der Waals surface area contributed by atoms with Crippen LogP contribution in [0.15, 0.2) is 18.2 Å². The van der Waals surface area contributed by atoms with Crippen molar-refractivity contribution in [3.63, 3.8) is 0 Å². The van der Waals surface area contributed by atoms with Crippen LogP contribution in [0.25, 0.3) is 0 Å². The van der Waals surface area contributed by atoms with Crippen LogP contribution in [0.3, 0.4) is 0 Å². The highest BCUT2D eigenvalue weighted by Crippen LogP contribution is 2.30. The van der Waals surface area contributed by atoms with E-state index in [0.717, 1.165) is 0 Å². The lowest BCUT2D eigenvalue weighted by atomic mass is 9.79. The van der Waals surface area contributed by atoms with Gasteiger partial charge in [0.1, 0.15) is 0 Å². The number of hydrogen-bond acceptors (Lipinski definition) is 0. The molecule has 0 aliphatic carbocycles. The molecule has 1 rings (SSSR count). The van der Waals surface area contributed by atoms with Gasteiger partial charge in [0, 0.05) is 0 Å². The molecular formula is C18H30. The smallest absolute Gasteiger partial charge is 0.0132 e. The SMILES string of the molecule is CC(C)Cc1cc(C(C)(C)C)cc(C(C)(C)C)c1. The highest BCUT2D eigenvalue weighted by Gasteiger charge is 2.20. The van der Waals surface area contributed by atoms with Crippen LogP contribution in [-0.4, -0.2) is 0 Å². The molecule has 0 nitrogen and oxygen atoms in total. The zero-order valence-electron chi connectivity index (χ0n) is 13.5. The minimum absolute atomic E-state index is 0.229. The minimum Gasteiger partial charge on any atom is -0.0625 e. The first-order chi connectivity index (χ1) is 8.00. The summed E-state index contributed by atoms with van der Waals surface area (Å²) in [6.45, 7) is 18.4. The molecule has 0 saturated carbocycles. The summed E-state index contributed by atoms with van der Waals surface area (Å²) in [6.07, 6.45) is 1.17. The standard InChI is InChI=1S/C18H30/c1-13(2)9-14-10-15(17(3,4)5)12-16(11-14)18(6,7)8/h10-13H,9H2,1-8H3. The third-order valence-electron chi connectivity index (χ3n) is 3.37. The topological polar surface area (TPSA) is 0 Å². The van der Waals surface area contributed by atoms with Crippen LogP contribution in [0.2, 0.25) is 0 Å². The maximum atomic E-state index is 2.40. The summed E-state index contributed by atoms with van der Waals surface area (Å²) in [6, 6.07) is 7.19. The van der Waals surface area contributed by atoms with Gasteiger partial charge >= 0.3 is 0 Å². The first kappa shape index (κ1) is 15.3. The molecule has 0 atom stereocenters. The van der Waals surface area contributed by atoms with Crippen molar-refractivity contribution in [2.24, 2.45) is 5.92 Å². The second-order valence-electron chi connectivity index (χ2n) is 8.02. The molecule has 0 heteroatoms. The molecule has 102 valence electrons. The van der Waals surface area contributed by atoms with E-state index in [-0.39, 0.29) is 10.8 Å². The molecule has 0 fully saturated rings. The average Bonchev–Trinajstić information content (AvgIpc) is 2.13. The molecule has 0 unspecified atom stereocenters. The maximum Gasteiger partial charge on any atom is -0.0132 e. The van der Waals surface area contributed by atoms with E-state index in [2.05, 4.69) is 73.6 Å². The molecule has 0 N–H and O–H groups in total. The zero-order chi connectivity index (χ0) is 14.1. The third kappa shape index (κ3) is 4.15. The van der Waals surface area contributed by atoms with Gasteiger partial charge in [-0.1, -0.05) is 73.6 Å². The van der Waals surface area contributed by atoms with Crippen LogP contribution < -0.4 is 0 Å². The normalized spacial score (nSPS) is 13.2. The molecule has 1 aromatic carbocycles. The molecule has 0 aliphatic rings. The molecule has 0 saturated heterocycles. The van der Waals surface area contributed by atoms with Gasteiger partial charge in [-0.05, 0) is 39.9 Å². The molecule has 0 amide bonds. The van der Waals surface area contributed by atoms with E-state index in [1.165, 1.54) is 23.1 Å². The second-order valence-corrected chi connectivity index (χ2v) is 8.02. The first-order valence-corrected chi connectivity index (χ1v) is 7.15. The van der Waals surface area contributed by atoms with Gasteiger partial charge in [0.25, 0.3) is 0 Å². The van der Waals surface area contributed by atoms with Gasteiger partial charge in [0.15, 0.2) is 0 Å². The fourth-order valence-corrected chi connectivity index (χ4v) is 2.15. The van der Waals surface area contributed by atoms with Gasteiger partial charge in [-0.25, -0.2) is 0 Å². The average molecular weight is 246 g/mol. The van der Waals surface area contributed by atoms with Crippen molar-refractivity contribution in [1.29, 1.82) is 0 Å². The Morgan fingerprint density at radius 1 is 0.778 bits per heavy atom. The second kappa shape index (κ2) is 5.07. The highest BCUT2D eigenvalue weighted by molar-refractivity contribution is 5.37. The van der Waals surface area contributed by atoms with Crippen molar-refractivity contribution in [1.82, 2.24) is 0 Å². The predicted molar refractivity (Wildman–Crippen MR) is 82.4 cm³/mol. The lowest BCUT2D eigenvalue weighted by Crippen LogP contribution is -2.17. The van der Waals surface area contributed by atoms with E-state index in [0.29, 0.717) is 5.92 Å². The number of hydrogen-bond donors (Lipinski definition) is 0.